The smallest absolute Gasteiger partial charge is 0.315 e. The number of benzene rings is 1. The lowest BCUT2D eigenvalue weighted by molar-refractivity contribution is -0.151. The second kappa shape index (κ2) is 6.16. The number of rotatable bonds is 4. The molecule has 136 valence electrons. The summed E-state index contributed by atoms with van der Waals surface area (Å²) < 4.78 is 5.75. The molecule has 2 atom stereocenters. The van der Waals surface area contributed by atoms with E-state index >= 15 is 0 Å². The Morgan fingerprint density at radius 3 is 3.00 bits per heavy atom. The number of nitrogens with one attached hydrogen (secondary N) is 1. The molecular formula is C19H21N3O4. The second-order valence-electron chi connectivity index (χ2n) is 7.04. The summed E-state index contributed by atoms with van der Waals surface area (Å²) in [6, 6.07) is 7.49. The van der Waals surface area contributed by atoms with Crippen LogP contribution in [0.25, 0.3) is 0 Å². The number of aromatic amines is 1. The maximum atomic E-state index is 13.1. The minimum atomic E-state index is -1.11. The highest BCUT2D eigenvalue weighted by molar-refractivity contribution is 5.96. The molecule has 3 heterocycles. The summed E-state index contributed by atoms with van der Waals surface area (Å²) in [5.41, 5.74) is 1.07. The van der Waals surface area contributed by atoms with Crippen molar-refractivity contribution >= 4 is 11.9 Å². The molecule has 1 amide bonds. The van der Waals surface area contributed by atoms with Crippen LogP contribution >= 0.6 is 0 Å². The minimum Gasteiger partial charge on any atom is -0.492 e. The molecule has 1 saturated heterocycles. The molecule has 0 aliphatic carbocycles. The maximum absolute atomic E-state index is 13.1. The van der Waals surface area contributed by atoms with Gasteiger partial charge in [0, 0.05) is 30.3 Å². The molecule has 7 heteroatoms. The van der Waals surface area contributed by atoms with Gasteiger partial charge in [0.25, 0.3) is 5.91 Å². The number of hydrogen-bond donors (Lipinski definition) is 2. The standard InChI is InChI=1S/C19H21N3O4/c1-2-5-15-13(8-20-21-15)17(23)22-9-14-12-6-3-4-7-16(12)26-11-19(14,10-22)18(24)25/h3-4,6-8,14H,2,5,9-11H2,1H3,(H,20,21)(H,24,25)/t14-,19-/m1/s1. The van der Waals surface area contributed by atoms with Crippen LogP contribution in [-0.4, -0.2) is 51.8 Å². The van der Waals surface area contributed by atoms with E-state index in [0.29, 0.717) is 17.9 Å². The van der Waals surface area contributed by atoms with E-state index in [1.165, 1.54) is 6.20 Å². The lowest BCUT2D eigenvalue weighted by Gasteiger charge is -2.35. The topological polar surface area (TPSA) is 95.5 Å². The van der Waals surface area contributed by atoms with Gasteiger partial charge in [0.15, 0.2) is 0 Å². The van der Waals surface area contributed by atoms with Crippen molar-refractivity contribution in [3.8, 4) is 5.75 Å². The Balaban J connectivity index is 1.69. The van der Waals surface area contributed by atoms with Gasteiger partial charge < -0.3 is 14.7 Å². The first-order valence-electron chi connectivity index (χ1n) is 8.83. The summed E-state index contributed by atoms with van der Waals surface area (Å²) in [4.78, 5) is 26.8. The highest BCUT2D eigenvalue weighted by Gasteiger charge is 2.57. The van der Waals surface area contributed by atoms with Gasteiger partial charge in [-0.2, -0.15) is 5.10 Å². The third-order valence-electron chi connectivity index (χ3n) is 5.48. The first kappa shape index (κ1) is 16.6. The Bertz CT molecular complexity index is 862. The Kier molecular flexibility index (Phi) is 3.94. The number of carbonyl (C=O) groups excluding carboxylic acids is 1. The zero-order valence-corrected chi connectivity index (χ0v) is 14.6. The summed E-state index contributed by atoms with van der Waals surface area (Å²) in [6.07, 6.45) is 3.16. The van der Waals surface area contributed by atoms with Crippen LogP contribution in [0.15, 0.2) is 30.5 Å². The first-order chi connectivity index (χ1) is 12.6. The molecular weight excluding hydrogens is 334 g/mol. The Labute approximate surface area is 151 Å². The van der Waals surface area contributed by atoms with Crippen molar-refractivity contribution in [3.63, 3.8) is 0 Å². The Morgan fingerprint density at radius 2 is 2.23 bits per heavy atom. The molecule has 4 rings (SSSR count). The third kappa shape index (κ3) is 2.38. The van der Waals surface area contributed by atoms with Crippen LogP contribution in [0.1, 0.15) is 40.9 Å². The molecule has 2 aliphatic rings. The summed E-state index contributed by atoms with van der Waals surface area (Å²) in [6.45, 7) is 2.60. The predicted octanol–water partition coefficient (Wildman–Crippen LogP) is 2.07. The number of carboxylic acid groups (broad SMARTS) is 1. The number of para-hydroxylation sites is 1. The van der Waals surface area contributed by atoms with Gasteiger partial charge in [0.05, 0.1) is 11.8 Å². The molecule has 1 fully saturated rings. The van der Waals surface area contributed by atoms with Crippen molar-refractivity contribution in [1.82, 2.24) is 15.1 Å². The molecule has 26 heavy (non-hydrogen) atoms. The number of fused-ring (bicyclic) bond motifs is 3. The van der Waals surface area contributed by atoms with Crippen LogP contribution in [-0.2, 0) is 11.2 Å². The zero-order chi connectivity index (χ0) is 18.3. The van der Waals surface area contributed by atoms with Gasteiger partial charge >= 0.3 is 5.97 Å². The molecule has 0 radical (unpaired) electrons. The second-order valence-corrected chi connectivity index (χ2v) is 7.04. The molecule has 0 bridgehead atoms. The minimum absolute atomic E-state index is 0.0704. The fourth-order valence-electron chi connectivity index (χ4n) is 4.10. The van der Waals surface area contributed by atoms with E-state index in [1.807, 2.05) is 31.2 Å². The van der Waals surface area contributed by atoms with E-state index in [-0.39, 0.29) is 25.0 Å². The number of amides is 1. The van der Waals surface area contributed by atoms with Crippen molar-refractivity contribution in [2.75, 3.05) is 19.7 Å². The average molecular weight is 355 g/mol. The normalized spacial score (nSPS) is 23.9. The number of aliphatic carboxylic acids is 1. The van der Waals surface area contributed by atoms with Crippen LogP contribution in [0.2, 0.25) is 0 Å². The summed E-state index contributed by atoms with van der Waals surface area (Å²) in [5, 5.41) is 16.8. The fourth-order valence-corrected chi connectivity index (χ4v) is 4.10. The molecule has 0 saturated carbocycles. The van der Waals surface area contributed by atoms with Gasteiger partial charge in [-0.25, -0.2) is 0 Å². The highest BCUT2D eigenvalue weighted by Crippen LogP contribution is 2.49. The molecule has 0 spiro atoms. The lowest BCUT2D eigenvalue weighted by atomic mass is 9.73. The number of hydrogen-bond acceptors (Lipinski definition) is 4. The molecule has 2 N–H and O–H groups in total. The molecule has 0 unspecified atom stereocenters. The Hall–Kier alpha value is -2.83. The van der Waals surface area contributed by atoms with Gasteiger partial charge in [0.2, 0.25) is 0 Å². The molecule has 2 aromatic rings. The van der Waals surface area contributed by atoms with Gasteiger partial charge in [-0.15, -0.1) is 0 Å². The van der Waals surface area contributed by atoms with Crippen LogP contribution < -0.4 is 4.74 Å². The number of ether oxygens (including phenoxy) is 1. The monoisotopic (exact) mass is 355 g/mol. The van der Waals surface area contributed by atoms with E-state index in [4.69, 9.17) is 4.74 Å². The predicted molar refractivity (Wildman–Crippen MR) is 93.2 cm³/mol. The van der Waals surface area contributed by atoms with Crippen molar-refractivity contribution in [1.29, 1.82) is 0 Å². The van der Waals surface area contributed by atoms with Gasteiger partial charge in [-0.1, -0.05) is 31.5 Å². The van der Waals surface area contributed by atoms with Crippen LogP contribution in [0.4, 0.5) is 0 Å². The number of aromatic nitrogens is 2. The number of nitrogens with zero attached hydrogens (tertiary/aromatic N) is 2. The van der Waals surface area contributed by atoms with Gasteiger partial charge in [0.1, 0.15) is 17.8 Å². The van der Waals surface area contributed by atoms with Crippen molar-refractivity contribution < 1.29 is 19.4 Å². The summed E-state index contributed by atoms with van der Waals surface area (Å²) >= 11 is 0. The van der Waals surface area contributed by atoms with Crippen LogP contribution in [0, 0.1) is 5.41 Å². The first-order valence-corrected chi connectivity index (χ1v) is 8.83. The van der Waals surface area contributed by atoms with Crippen molar-refractivity contribution in [2.24, 2.45) is 5.41 Å². The highest BCUT2D eigenvalue weighted by atomic mass is 16.5. The third-order valence-corrected chi connectivity index (χ3v) is 5.48. The van der Waals surface area contributed by atoms with E-state index in [2.05, 4.69) is 10.2 Å². The fraction of sp³-hybridized carbons (Fsp3) is 0.421. The van der Waals surface area contributed by atoms with Gasteiger partial charge in [-0.05, 0) is 12.5 Å². The zero-order valence-electron chi connectivity index (χ0n) is 14.6. The summed E-state index contributed by atoms with van der Waals surface area (Å²) in [5.74, 6) is -0.669. The maximum Gasteiger partial charge on any atom is 0.315 e. The lowest BCUT2D eigenvalue weighted by Crippen LogP contribution is -2.46. The summed E-state index contributed by atoms with van der Waals surface area (Å²) in [7, 11) is 0. The van der Waals surface area contributed by atoms with E-state index < -0.39 is 11.4 Å². The van der Waals surface area contributed by atoms with E-state index in [0.717, 1.165) is 24.1 Å². The number of likely N-dealkylation sites (tertiary alicyclic amines) is 1. The van der Waals surface area contributed by atoms with Crippen molar-refractivity contribution in [3.05, 3.63) is 47.3 Å². The van der Waals surface area contributed by atoms with Crippen LogP contribution in [0.5, 0.6) is 5.75 Å². The van der Waals surface area contributed by atoms with E-state index in [9.17, 15) is 14.7 Å². The largest absolute Gasteiger partial charge is 0.492 e. The SMILES string of the molecule is CCCc1[nH]ncc1C(=O)N1C[C@@H]2c3ccccc3OC[C@]2(C(=O)O)C1. The quantitative estimate of drug-likeness (QED) is 0.875. The number of H-pyrrole nitrogens is 1. The number of carbonyl (C=O) groups is 2. The van der Waals surface area contributed by atoms with Crippen LogP contribution in [0.3, 0.4) is 0 Å². The van der Waals surface area contributed by atoms with Gasteiger partial charge in [-0.3, -0.25) is 14.7 Å². The average Bonchev–Trinajstić information content (AvgIpc) is 3.26. The van der Waals surface area contributed by atoms with Crippen molar-refractivity contribution in [2.45, 2.75) is 25.7 Å². The molecule has 7 nitrogen and oxygen atoms in total. The Morgan fingerprint density at radius 1 is 1.42 bits per heavy atom. The number of aryl methyl sites for hydroxylation is 1. The molecule has 2 aliphatic heterocycles. The molecule has 1 aromatic carbocycles. The molecule has 1 aromatic heterocycles. The number of carboxylic acids is 1. The van der Waals surface area contributed by atoms with E-state index in [1.54, 1.807) is 4.90 Å².